The highest BCUT2D eigenvalue weighted by molar-refractivity contribution is 6.23. The van der Waals surface area contributed by atoms with Gasteiger partial charge in [-0.25, -0.2) is 0 Å². The predicted molar refractivity (Wildman–Crippen MR) is 216 cm³/mol. The predicted octanol–water partition coefficient (Wildman–Crippen LogP) is 3.99. The minimum Gasteiger partial charge on any atom is -0.507 e. The van der Waals surface area contributed by atoms with Crippen molar-refractivity contribution in [2.45, 2.75) is 85.6 Å². The van der Waals surface area contributed by atoms with Crippen LogP contribution in [0.1, 0.15) is 70.0 Å². The molecule has 0 aliphatic carbocycles. The molecule has 0 saturated carbocycles. The number of fused-ring (bicyclic) bond motifs is 14. The molecule has 316 valence electrons. The van der Waals surface area contributed by atoms with Gasteiger partial charge in [-0.2, -0.15) is 5.10 Å². The van der Waals surface area contributed by atoms with Crippen LogP contribution in [0.2, 0.25) is 0 Å². The summed E-state index contributed by atoms with van der Waals surface area (Å²) in [4.78, 5) is 40.4. The summed E-state index contributed by atoms with van der Waals surface area (Å²) in [5.41, 5.74) is -0.364. The molecule has 4 aliphatic rings. The van der Waals surface area contributed by atoms with Crippen LogP contribution in [0, 0.1) is 30.6 Å². The number of esters is 1. The van der Waals surface area contributed by atoms with E-state index in [9.17, 15) is 39.9 Å². The largest absolute Gasteiger partial charge is 0.507 e. The molecule has 2 aromatic carbocycles. The first-order valence-electron chi connectivity index (χ1n) is 19.4. The summed E-state index contributed by atoms with van der Waals surface area (Å²) in [5, 5.41) is 69.8. The number of nitrogens with one attached hydrogen (secondary N) is 2. The Hall–Kier alpha value is -5.16. The summed E-state index contributed by atoms with van der Waals surface area (Å²) < 4.78 is 23.6. The number of hydrogen-bond acceptors (Lipinski definition) is 15. The molecule has 0 spiro atoms. The van der Waals surface area contributed by atoms with Crippen molar-refractivity contribution in [1.29, 1.82) is 0 Å². The van der Waals surface area contributed by atoms with Crippen LogP contribution in [0.4, 0.5) is 5.69 Å². The van der Waals surface area contributed by atoms with Gasteiger partial charge in [0.25, 0.3) is 11.7 Å². The number of benzene rings is 2. The summed E-state index contributed by atoms with van der Waals surface area (Å²) in [7, 11) is 1.44. The number of rotatable bonds is 4. The summed E-state index contributed by atoms with van der Waals surface area (Å²) in [6.45, 7) is 14.9. The second-order valence-electron chi connectivity index (χ2n) is 15.6. The van der Waals surface area contributed by atoms with E-state index in [2.05, 4.69) is 15.7 Å². The molecule has 58 heavy (non-hydrogen) atoms. The molecule has 2 aromatic rings. The van der Waals surface area contributed by atoms with Gasteiger partial charge in [0.1, 0.15) is 23.4 Å². The molecule has 7 N–H and O–H groups in total. The number of aromatic hydroxyl groups is 3. The number of aliphatic hydroxyl groups excluding tert-OH is 2. The fraction of sp³-hybridized carbons (Fsp3) is 0.524. The van der Waals surface area contributed by atoms with E-state index in [0.29, 0.717) is 26.2 Å². The fourth-order valence-corrected chi connectivity index (χ4v) is 7.78. The lowest BCUT2D eigenvalue weighted by Gasteiger charge is -2.38. The molecule has 4 heterocycles. The average Bonchev–Trinajstić information content (AvgIpc) is 3.46. The lowest BCUT2D eigenvalue weighted by molar-refractivity contribution is -0.160. The highest BCUT2D eigenvalue weighted by atomic mass is 16.7. The quantitative estimate of drug-likeness (QED) is 0.100. The Labute approximate surface area is 337 Å². The average molecular weight is 809 g/mol. The highest BCUT2D eigenvalue weighted by Crippen LogP contribution is 2.55. The maximum atomic E-state index is 14.4. The number of Topliss-reactive ketones (excluding diaryl/α,β-unsaturated/α-hetero) is 1. The van der Waals surface area contributed by atoms with Gasteiger partial charge in [0.15, 0.2) is 5.75 Å². The summed E-state index contributed by atoms with van der Waals surface area (Å²) in [5.74, 6) is -8.36. The Morgan fingerprint density at radius 1 is 0.966 bits per heavy atom. The van der Waals surface area contributed by atoms with E-state index in [-0.39, 0.29) is 44.5 Å². The van der Waals surface area contributed by atoms with Crippen LogP contribution in [0.3, 0.4) is 0 Å². The summed E-state index contributed by atoms with van der Waals surface area (Å²) in [6.07, 6.45) is 4.83. The number of hydrogen-bond donors (Lipinski definition) is 7. The Kier molecular flexibility index (Phi) is 13.5. The number of phenols is 3. The number of nitrogens with zero attached hydrogens (tertiary/aromatic N) is 2. The summed E-state index contributed by atoms with van der Waals surface area (Å²) >= 11 is 0. The molecular weight excluding hydrogens is 752 g/mol. The van der Waals surface area contributed by atoms with Crippen molar-refractivity contribution >= 4 is 40.3 Å². The van der Waals surface area contributed by atoms with Gasteiger partial charge in [-0.3, -0.25) is 19.4 Å². The zero-order valence-corrected chi connectivity index (χ0v) is 34.4. The van der Waals surface area contributed by atoms with E-state index in [1.807, 2.05) is 0 Å². The van der Waals surface area contributed by atoms with Gasteiger partial charge in [-0.05, 0) is 19.9 Å². The molecule has 1 fully saturated rings. The van der Waals surface area contributed by atoms with Crippen LogP contribution in [-0.4, -0.2) is 118 Å². The van der Waals surface area contributed by atoms with Crippen LogP contribution in [-0.2, 0) is 23.8 Å². The molecule has 0 aromatic heterocycles. The maximum Gasteiger partial charge on any atom is 0.312 e. The number of amides is 1. The standard InChI is InChI=1S/C42H56N4O12/c1-20-11-10-12-21(2)41(54)45-32-27(19-44-46-16-14-43-15-17-46)36(51)29-30(37(32)52)35(50)25(6)39-31(29)40(53)42(8,58-39)56-18-13-28(55-9)22(3)38(57-26(7)47)24(5)34(49)23(4)33(20)48/h10-13,18-20,22-24,28,33-34,38,43,48-52H,14-17H2,1-9H3,(H,45,54)/t20-,22+,23-,24-,28+,33-,34-,38+,42-/m0/s1. The number of methoxy groups -OCH3 is 1. The maximum absolute atomic E-state index is 14.4. The molecule has 1 saturated heterocycles. The third-order valence-corrected chi connectivity index (χ3v) is 11.5. The third kappa shape index (κ3) is 8.51. The second-order valence-corrected chi connectivity index (χ2v) is 15.6. The Morgan fingerprint density at radius 3 is 2.28 bits per heavy atom. The molecule has 16 heteroatoms. The SMILES string of the molecule is CO[C@@H]1C=CO[C@@]2(C)Oc3c(C)c(O)c4c(O)c(c(C=NN5CCNCC5)c(O)c4c3C2=O)NC(=O)C(C)=CC=C[C@H](C)[C@H](O)[C@H](C)[C@H](O)[C@H](C)[C@H](OC(C)=O)[C@@H]1C. The monoisotopic (exact) mass is 808 g/mol. The fourth-order valence-electron chi connectivity index (χ4n) is 7.78. The topological polar surface area (TPSA) is 229 Å². The van der Waals surface area contributed by atoms with Gasteiger partial charge in [0.05, 0.1) is 53.0 Å². The van der Waals surface area contributed by atoms with E-state index in [1.165, 1.54) is 59.4 Å². The number of ketones is 1. The van der Waals surface area contributed by atoms with Crippen LogP contribution in [0.25, 0.3) is 10.8 Å². The van der Waals surface area contributed by atoms with Crippen molar-refractivity contribution < 1.29 is 58.9 Å². The van der Waals surface area contributed by atoms with Crippen molar-refractivity contribution in [1.82, 2.24) is 10.3 Å². The van der Waals surface area contributed by atoms with Crippen molar-refractivity contribution in [3.05, 3.63) is 52.8 Å². The van der Waals surface area contributed by atoms with Gasteiger partial charge in [0.2, 0.25) is 0 Å². The van der Waals surface area contributed by atoms with Gasteiger partial charge in [-0.15, -0.1) is 0 Å². The minimum atomic E-state index is -2.04. The van der Waals surface area contributed by atoms with Gasteiger partial charge >= 0.3 is 11.8 Å². The molecule has 0 radical (unpaired) electrons. The number of ether oxygens (including phenoxy) is 4. The number of carbonyl (C=O) groups excluding carboxylic acids is 3. The van der Waals surface area contributed by atoms with Crippen molar-refractivity contribution in [2.75, 3.05) is 38.6 Å². The molecule has 6 rings (SSSR count). The first-order valence-corrected chi connectivity index (χ1v) is 19.4. The van der Waals surface area contributed by atoms with E-state index in [0.717, 1.165) is 0 Å². The molecule has 0 unspecified atom stereocenters. The zero-order chi connectivity index (χ0) is 42.8. The Morgan fingerprint density at radius 2 is 1.64 bits per heavy atom. The minimum absolute atomic E-state index is 0.0544. The second kappa shape index (κ2) is 17.8. The van der Waals surface area contributed by atoms with Crippen LogP contribution < -0.4 is 15.4 Å². The molecule has 16 nitrogen and oxygen atoms in total. The number of carbonyl (C=O) groups is 3. The van der Waals surface area contributed by atoms with Crippen LogP contribution in [0.15, 0.2) is 41.2 Å². The van der Waals surface area contributed by atoms with E-state index in [1.54, 1.807) is 44.9 Å². The van der Waals surface area contributed by atoms with Crippen molar-refractivity contribution in [3.8, 4) is 23.0 Å². The van der Waals surface area contributed by atoms with E-state index in [4.69, 9.17) is 18.9 Å². The van der Waals surface area contributed by atoms with E-state index < -0.39 is 88.8 Å². The number of piperazine rings is 1. The normalized spacial score (nSPS) is 30.1. The molecule has 5 bridgehead atoms. The molecule has 4 aliphatic heterocycles. The number of allylic oxidation sites excluding steroid dienone is 2. The highest BCUT2D eigenvalue weighted by Gasteiger charge is 2.50. The van der Waals surface area contributed by atoms with Crippen LogP contribution in [0.5, 0.6) is 23.0 Å². The molecule has 1 amide bonds. The number of hydrazone groups is 1. The molecular formula is C42H56N4O12. The Balaban J connectivity index is 1.71. The van der Waals surface area contributed by atoms with Gasteiger partial charge in [0, 0.05) is 87.3 Å². The van der Waals surface area contributed by atoms with Gasteiger partial charge in [-0.1, -0.05) is 45.9 Å². The summed E-state index contributed by atoms with van der Waals surface area (Å²) in [6, 6.07) is 0. The van der Waals surface area contributed by atoms with Crippen LogP contribution >= 0.6 is 0 Å². The number of aliphatic hydroxyl groups is 2. The van der Waals surface area contributed by atoms with Crippen molar-refractivity contribution in [3.63, 3.8) is 0 Å². The first kappa shape index (κ1) is 44.0. The first-order chi connectivity index (χ1) is 27.3. The zero-order valence-electron chi connectivity index (χ0n) is 34.4. The third-order valence-electron chi connectivity index (χ3n) is 11.5. The number of anilines is 1. The lowest BCUT2D eigenvalue weighted by Crippen LogP contribution is -2.46. The van der Waals surface area contributed by atoms with Gasteiger partial charge < -0.3 is 55.1 Å². The Bertz CT molecular complexity index is 2040. The van der Waals surface area contributed by atoms with E-state index >= 15 is 0 Å². The smallest absolute Gasteiger partial charge is 0.312 e. The number of phenolic OH excluding ortho intramolecular Hbond substituents is 3. The molecule has 9 atom stereocenters. The van der Waals surface area contributed by atoms with Crippen molar-refractivity contribution in [2.24, 2.45) is 28.8 Å². The lowest BCUT2D eigenvalue weighted by atomic mass is 9.78.